The van der Waals surface area contributed by atoms with Crippen molar-refractivity contribution >= 4 is 48.1 Å². The number of thiol groups is 1. The maximum absolute atomic E-state index is 12.4. The molecule has 3 atom stereocenters. The topological polar surface area (TPSA) is 151 Å². The van der Waals surface area contributed by atoms with E-state index in [2.05, 4.69) is 28.6 Å². The van der Waals surface area contributed by atoms with Crippen LogP contribution in [-0.2, 0) is 25.6 Å². The predicted octanol–water partition coefficient (Wildman–Crippen LogP) is -0.590. The molecule has 0 bridgehead atoms. The molecular formula is C19H28N4O5S2. The van der Waals surface area contributed by atoms with E-state index in [1.807, 2.05) is 12.3 Å². The van der Waals surface area contributed by atoms with Crippen LogP contribution < -0.4 is 21.7 Å². The monoisotopic (exact) mass is 456 g/mol. The number of rotatable bonds is 13. The van der Waals surface area contributed by atoms with Gasteiger partial charge in [0.2, 0.25) is 17.7 Å². The first-order valence-electron chi connectivity index (χ1n) is 9.28. The summed E-state index contributed by atoms with van der Waals surface area (Å²) in [4.78, 5) is 48.0. The lowest BCUT2D eigenvalue weighted by molar-refractivity contribution is -0.141. The fourth-order valence-electron chi connectivity index (χ4n) is 2.45. The zero-order chi connectivity index (χ0) is 22.5. The number of aliphatic carboxylic acids is 1. The van der Waals surface area contributed by atoms with Crippen LogP contribution in [0.25, 0.3) is 0 Å². The Kier molecular flexibility index (Phi) is 11.9. The number of nitrogens with two attached hydrogens (primary N) is 1. The molecule has 166 valence electrons. The fourth-order valence-corrected chi connectivity index (χ4v) is 3.09. The maximum Gasteiger partial charge on any atom is 0.326 e. The number of nitrogens with one attached hydrogen (secondary N) is 3. The largest absolute Gasteiger partial charge is 0.480 e. The van der Waals surface area contributed by atoms with Crippen LogP contribution in [-0.4, -0.2) is 71.2 Å². The van der Waals surface area contributed by atoms with Crippen molar-refractivity contribution in [2.75, 3.05) is 24.3 Å². The summed E-state index contributed by atoms with van der Waals surface area (Å²) in [5.41, 5.74) is 6.38. The van der Waals surface area contributed by atoms with Gasteiger partial charge in [-0.1, -0.05) is 30.3 Å². The van der Waals surface area contributed by atoms with Crippen LogP contribution >= 0.6 is 24.4 Å². The highest BCUT2D eigenvalue weighted by atomic mass is 32.2. The summed E-state index contributed by atoms with van der Waals surface area (Å²) in [6.07, 6.45) is 2.33. The molecule has 0 saturated carbocycles. The van der Waals surface area contributed by atoms with Crippen molar-refractivity contribution in [1.29, 1.82) is 0 Å². The van der Waals surface area contributed by atoms with E-state index in [0.717, 1.165) is 5.56 Å². The molecule has 0 fully saturated rings. The lowest BCUT2D eigenvalue weighted by atomic mass is 10.1. The Morgan fingerprint density at radius 1 is 1.10 bits per heavy atom. The van der Waals surface area contributed by atoms with E-state index in [0.29, 0.717) is 12.2 Å². The highest BCUT2D eigenvalue weighted by molar-refractivity contribution is 7.98. The molecule has 0 saturated heterocycles. The third-order valence-electron chi connectivity index (χ3n) is 4.12. The van der Waals surface area contributed by atoms with Gasteiger partial charge in [-0.2, -0.15) is 24.4 Å². The molecule has 0 spiro atoms. The molecule has 0 aliphatic rings. The molecule has 0 aliphatic carbocycles. The summed E-state index contributed by atoms with van der Waals surface area (Å²) in [5, 5.41) is 16.7. The zero-order valence-electron chi connectivity index (χ0n) is 16.7. The first kappa shape index (κ1) is 25.8. The highest BCUT2D eigenvalue weighted by Crippen LogP contribution is 2.04. The van der Waals surface area contributed by atoms with Crippen molar-refractivity contribution in [3.63, 3.8) is 0 Å². The van der Waals surface area contributed by atoms with E-state index in [1.54, 1.807) is 24.3 Å². The minimum atomic E-state index is -1.18. The van der Waals surface area contributed by atoms with Crippen LogP contribution in [0, 0.1) is 0 Å². The van der Waals surface area contributed by atoms with Crippen molar-refractivity contribution in [1.82, 2.24) is 16.0 Å². The zero-order valence-corrected chi connectivity index (χ0v) is 18.4. The number of carboxylic acids is 1. The summed E-state index contributed by atoms with van der Waals surface area (Å²) in [6, 6.07) is 6.05. The molecule has 30 heavy (non-hydrogen) atoms. The number of carbonyl (C=O) groups is 4. The van der Waals surface area contributed by atoms with Gasteiger partial charge in [-0.15, -0.1) is 0 Å². The second-order valence-electron chi connectivity index (χ2n) is 6.50. The quantitative estimate of drug-likeness (QED) is 0.217. The minimum absolute atomic E-state index is 0.115. The minimum Gasteiger partial charge on any atom is -0.480 e. The van der Waals surface area contributed by atoms with Gasteiger partial charge < -0.3 is 26.8 Å². The van der Waals surface area contributed by atoms with Crippen molar-refractivity contribution in [2.45, 2.75) is 31.0 Å². The van der Waals surface area contributed by atoms with E-state index in [1.165, 1.54) is 11.8 Å². The van der Waals surface area contributed by atoms with Crippen LogP contribution in [0.15, 0.2) is 30.3 Å². The Balaban J connectivity index is 2.62. The molecule has 1 aromatic rings. The van der Waals surface area contributed by atoms with Crippen LogP contribution in [0.1, 0.15) is 12.0 Å². The molecule has 0 heterocycles. The number of carboxylic acid groups (broad SMARTS) is 1. The normalized spacial score (nSPS) is 13.6. The smallest absolute Gasteiger partial charge is 0.326 e. The number of thioether (sulfide) groups is 1. The number of amides is 3. The van der Waals surface area contributed by atoms with E-state index in [-0.39, 0.29) is 12.2 Å². The number of carbonyl (C=O) groups excluding carboxylic acids is 3. The SMILES string of the molecule is CSCCC(NC(=O)C(N)CS)C(=O)NCC(=O)NC(Cc1ccccc1)C(=O)O. The maximum atomic E-state index is 12.4. The molecule has 0 aliphatic heterocycles. The molecule has 1 rings (SSSR count). The van der Waals surface area contributed by atoms with Crippen molar-refractivity contribution in [3.05, 3.63) is 35.9 Å². The molecule has 11 heteroatoms. The van der Waals surface area contributed by atoms with E-state index < -0.39 is 48.4 Å². The Morgan fingerprint density at radius 3 is 2.33 bits per heavy atom. The van der Waals surface area contributed by atoms with Crippen molar-refractivity contribution < 1.29 is 24.3 Å². The molecule has 0 radical (unpaired) electrons. The molecule has 3 unspecified atom stereocenters. The number of benzene rings is 1. The van der Waals surface area contributed by atoms with Gasteiger partial charge in [0.15, 0.2) is 0 Å². The van der Waals surface area contributed by atoms with Crippen molar-refractivity contribution in [3.8, 4) is 0 Å². The lowest BCUT2D eigenvalue weighted by Gasteiger charge is -2.20. The summed E-state index contributed by atoms with van der Waals surface area (Å²) in [6.45, 7) is -0.415. The molecule has 9 nitrogen and oxygen atoms in total. The first-order chi connectivity index (χ1) is 14.3. The highest BCUT2D eigenvalue weighted by Gasteiger charge is 2.24. The molecule has 0 aromatic heterocycles. The van der Waals surface area contributed by atoms with E-state index >= 15 is 0 Å². The molecule has 6 N–H and O–H groups in total. The second kappa shape index (κ2) is 13.9. The summed E-state index contributed by atoms with van der Waals surface area (Å²) < 4.78 is 0. The van der Waals surface area contributed by atoms with Gasteiger partial charge in [0.25, 0.3) is 0 Å². The Bertz CT molecular complexity index is 720. The van der Waals surface area contributed by atoms with Gasteiger partial charge in [0.1, 0.15) is 12.1 Å². The van der Waals surface area contributed by atoms with Crippen LogP contribution in [0.2, 0.25) is 0 Å². The van der Waals surface area contributed by atoms with Gasteiger partial charge in [0, 0.05) is 12.2 Å². The Morgan fingerprint density at radius 2 is 1.77 bits per heavy atom. The summed E-state index contributed by atoms with van der Waals surface area (Å²) in [7, 11) is 0. The van der Waals surface area contributed by atoms with Gasteiger partial charge in [-0.3, -0.25) is 14.4 Å². The van der Waals surface area contributed by atoms with Gasteiger partial charge >= 0.3 is 5.97 Å². The average Bonchev–Trinajstić information content (AvgIpc) is 2.74. The standard InChI is InChI=1S/C19H28N4O5S2/c1-30-8-7-14(23-17(25)13(20)11-29)18(26)21-10-16(24)22-15(19(27)28)9-12-5-3-2-4-6-12/h2-6,13-15,29H,7-11,20H2,1H3,(H,21,26)(H,22,24)(H,23,25)(H,27,28). The van der Waals surface area contributed by atoms with Gasteiger partial charge in [0.05, 0.1) is 12.6 Å². The third-order valence-corrected chi connectivity index (χ3v) is 5.15. The molecule has 1 aromatic carbocycles. The van der Waals surface area contributed by atoms with Crippen molar-refractivity contribution in [2.24, 2.45) is 5.73 Å². The lowest BCUT2D eigenvalue weighted by Crippen LogP contribution is -2.54. The van der Waals surface area contributed by atoms with Crippen LogP contribution in [0.4, 0.5) is 0 Å². The second-order valence-corrected chi connectivity index (χ2v) is 7.85. The molecule has 3 amide bonds. The Labute approximate surface area is 185 Å². The molecular weight excluding hydrogens is 428 g/mol. The van der Waals surface area contributed by atoms with Gasteiger partial charge in [-0.05, 0) is 24.0 Å². The summed E-state index contributed by atoms with van der Waals surface area (Å²) >= 11 is 5.46. The number of hydrogen-bond donors (Lipinski definition) is 6. The van der Waals surface area contributed by atoms with Gasteiger partial charge in [-0.25, -0.2) is 4.79 Å². The van der Waals surface area contributed by atoms with Crippen LogP contribution in [0.3, 0.4) is 0 Å². The Hall–Kier alpha value is -2.24. The first-order valence-corrected chi connectivity index (χ1v) is 11.3. The third kappa shape index (κ3) is 9.51. The van der Waals surface area contributed by atoms with E-state index in [4.69, 9.17) is 5.73 Å². The van der Waals surface area contributed by atoms with Crippen LogP contribution in [0.5, 0.6) is 0 Å². The number of hydrogen-bond acceptors (Lipinski definition) is 7. The fraction of sp³-hybridized carbons (Fsp3) is 0.474. The average molecular weight is 457 g/mol. The summed E-state index contributed by atoms with van der Waals surface area (Å²) in [5.74, 6) is -2.14. The predicted molar refractivity (Wildman–Crippen MR) is 119 cm³/mol. The van der Waals surface area contributed by atoms with E-state index in [9.17, 15) is 24.3 Å².